The summed E-state index contributed by atoms with van der Waals surface area (Å²) in [6.45, 7) is 1.30. The van der Waals surface area contributed by atoms with Crippen molar-refractivity contribution in [3.05, 3.63) is 141 Å². The second-order valence-electron chi connectivity index (χ2n) is 13.0. The van der Waals surface area contributed by atoms with E-state index in [4.69, 9.17) is 4.74 Å². The van der Waals surface area contributed by atoms with Crippen molar-refractivity contribution < 1.29 is 39.5 Å². The minimum absolute atomic E-state index is 0.0674. The molecule has 1 aliphatic heterocycles. The predicted octanol–water partition coefficient (Wildman–Crippen LogP) is 2.83. The van der Waals surface area contributed by atoms with Gasteiger partial charge in [-0.2, -0.15) is 0 Å². The van der Waals surface area contributed by atoms with Crippen molar-refractivity contribution in [1.82, 2.24) is 20.5 Å². The molecule has 5 aromatic rings. The lowest BCUT2D eigenvalue weighted by Crippen LogP contribution is -2.40. The number of nitrogens with one attached hydrogen (secondary N) is 3. The van der Waals surface area contributed by atoms with Crippen LogP contribution in [0, 0.1) is 0 Å². The molecule has 6 rings (SSSR count). The molecule has 2 amide bonds. The van der Waals surface area contributed by atoms with Crippen LogP contribution >= 0.6 is 0 Å². The number of likely N-dealkylation sites (tertiary alicyclic amines) is 1. The third-order valence-electron chi connectivity index (χ3n) is 9.36. The third-order valence-corrected chi connectivity index (χ3v) is 9.36. The van der Waals surface area contributed by atoms with Gasteiger partial charge in [-0.1, -0.05) is 60.7 Å². The fraction of sp³-hybridized carbons (Fsp3) is 0.250. The number of pyridine rings is 1. The van der Waals surface area contributed by atoms with Gasteiger partial charge in [-0.25, -0.2) is 4.79 Å². The van der Waals surface area contributed by atoms with Gasteiger partial charge in [0.2, 0.25) is 11.2 Å². The molecule has 4 aromatic carbocycles. The number of fused-ring (bicyclic) bond motifs is 1. The van der Waals surface area contributed by atoms with E-state index in [0.29, 0.717) is 49.0 Å². The van der Waals surface area contributed by atoms with Crippen molar-refractivity contribution in [3.8, 4) is 11.5 Å². The number of amides is 2. The van der Waals surface area contributed by atoms with Gasteiger partial charge in [0, 0.05) is 48.3 Å². The highest BCUT2D eigenvalue weighted by molar-refractivity contribution is 5.94. The smallest absolute Gasteiger partial charge is 0.345 e. The fourth-order valence-corrected chi connectivity index (χ4v) is 6.51. The zero-order valence-corrected chi connectivity index (χ0v) is 28.7. The number of nitrogens with zero attached hydrogens (tertiary/aromatic N) is 1. The van der Waals surface area contributed by atoms with E-state index >= 15 is 0 Å². The molecular weight excluding hydrogens is 680 g/mol. The molecule has 2 unspecified atom stereocenters. The number of H-pyrrole nitrogens is 1. The number of carboxylic acid groups (broad SMARTS) is 1. The molecule has 0 radical (unpaired) electrons. The van der Waals surface area contributed by atoms with Crippen LogP contribution in [0.3, 0.4) is 0 Å². The molecule has 0 aliphatic carbocycles. The first kappa shape index (κ1) is 36.8. The van der Waals surface area contributed by atoms with Crippen molar-refractivity contribution in [3.63, 3.8) is 0 Å². The van der Waals surface area contributed by atoms with Crippen LogP contribution in [0.4, 0.5) is 0 Å². The average Bonchev–Trinajstić information content (AvgIpc) is 3.64. The van der Waals surface area contributed by atoms with E-state index in [1.165, 1.54) is 36.4 Å². The van der Waals surface area contributed by atoms with E-state index in [2.05, 4.69) is 15.6 Å². The monoisotopic (exact) mass is 720 g/mol. The van der Waals surface area contributed by atoms with Crippen molar-refractivity contribution in [1.29, 1.82) is 0 Å². The van der Waals surface area contributed by atoms with E-state index in [-0.39, 0.29) is 58.8 Å². The molecule has 1 aliphatic rings. The van der Waals surface area contributed by atoms with Gasteiger partial charge >= 0.3 is 5.97 Å². The van der Waals surface area contributed by atoms with Crippen LogP contribution in [0.2, 0.25) is 0 Å². The number of aromatic nitrogens is 1. The van der Waals surface area contributed by atoms with Gasteiger partial charge in [0.25, 0.3) is 11.8 Å². The number of hydrogen-bond donors (Lipinski definition) is 7. The Labute approximate surface area is 304 Å². The first-order valence-electron chi connectivity index (χ1n) is 17.2. The van der Waals surface area contributed by atoms with Crippen molar-refractivity contribution in [2.24, 2.45) is 0 Å². The quantitative estimate of drug-likeness (QED) is 0.0837. The highest BCUT2D eigenvalue weighted by Gasteiger charge is 2.40. The number of rotatable bonds is 14. The fourth-order valence-electron chi connectivity index (χ4n) is 6.51. The summed E-state index contributed by atoms with van der Waals surface area (Å²) in [4.78, 5) is 54.0. The number of hydrogen-bond acceptors (Lipinski definition) is 9. The summed E-state index contributed by atoms with van der Waals surface area (Å²) in [6.07, 6.45) is 0.363. The van der Waals surface area contributed by atoms with E-state index in [0.717, 1.165) is 5.56 Å². The van der Waals surface area contributed by atoms with Crippen LogP contribution < -0.4 is 20.9 Å². The lowest BCUT2D eigenvalue weighted by molar-refractivity contribution is -0.155. The standard InChI is InChI=1S/C40H40N4O9/c45-33-15-13-31(32-14-16-35(47)43-37(32)33)34(46)22-41-19-17-25-9-11-26(12-10-25)38(49)44-20-18-29(23-44)42-36(48)24-53-30-8-4-7-28(21-30)40(52,39(50)51)27-5-2-1-3-6-27/h1-16,21,29,34,41,45-46,52H,17-20,22-24H2,(H,42,48)(H,43,47)(H,50,51)/t29-,34?,40?/m1/s1. The Balaban J connectivity index is 0.943. The van der Waals surface area contributed by atoms with Crippen LogP contribution in [0.15, 0.2) is 108 Å². The van der Waals surface area contributed by atoms with E-state index in [9.17, 15) is 39.6 Å². The summed E-state index contributed by atoms with van der Waals surface area (Å²) in [5.74, 6) is -1.84. The first-order chi connectivity index (χ1) is 25.5. The normalized spacial score (nSPS) is 15.8. The van der Waals surface area contributed by atoms with Crippen LogP contribution in [0.25, 0.3) is 10.9 Å². The van der Waals surface area contributed by atoms with Gasteiger partial charge in [0.05, 0.1) is 11.6 Å². The second-order valence-corrected chi connectivity index (χ2v) is 13.0. The molecule has 13 heteroatoms. The van der Waals surface area contributed by atoms with E-state index in [1.807, 2.05) is 12.1 Å². The number of phenols is 1. The molecule has 1 saturated heterocycles. The summed E-state index contributed by atoms with van der Waals surface area (Å²) in [7, 11) is 0. The van der Waals surface area contributed by atoms with Gasteiger partial charge in [0.15, 0.2) is 6.61 Å². The number of ether oxygens (including phenoxy) is 1. The molecular formula is C40H40N4O9. The second kappa shape index (κ2) is 16.1. The highest BCUT2D eigenvalue weighted by Crippen LogP contribution is 2.32. The molecule has 2 heterocycles. The number of aromatic amines is 1. The minimum atomic E-state index is -2.30. The van der Waals surface area contributed by atoms with Crippen LogP contribution in [-0.4, -0.2) is 86.9 Å². The number of carbonyl (C=O) groups is 3. The number of aliphatic hydroxyl groups is 2. The molecule has 1 fully saturated rings. The van der Waals surface area contributed by atoms with Crippen LogP contribution in [0.5, 0.6) is 11.5 Å². The molecule has 0 bridgehead atoms. The van der Waals surface area contributed by atoms with Crippen molar-refractivity contribution in [2.75, 3.05) is 32.8 Å². The summed E-state index contributed by atoms with van der Waals surface area (Å²) >= 11 is 0. The SMILES string of the molecule is O=C(COc1cccc(C(O)(C(=O)O)c2ccccc2)c1)N[C@@H]1CCN(C(=O)c2ccc(CCNCC(O)c3ccc(O)c4[nH]c(=O)ccc34)cc2)C1. The maximum atomic E-state index is 13.2. The molecule has 0 saturated carbocycles. The summed E-state index contributed by atoms with van der Waals surface area (Å²) in [5, 5.41) is 48.5. The Morgan fingerprint density at radius 2 is 1.70 bits per heavy atom. The van der Waals surface area contributed by atoms with Gasteiger partial charge < -0.3 is 45.7 Å². The minimum Gasteiger partial charge on any atom is -0.506 e. The molecule has 3 atom stereocenters. The molecule has 0 spiro atoms. The lowest BCUT2D eigenvalue weighted by atomic mass is 9.86. The van der Waals surface area contributed by atoms with Gasteiger partial charge in [-0.15, -0.1) is 0 Å². The predicted molar refractivity (Wildman–Crippen MR) is 196 cm³/mol. The summed E-state index contributed by atoms with van der Waals surface area (Å²) in [5.41, 5.74) is 0.0144. The average molecular weight is 721 g/mol. The first-order valence-corrected chi connectivity index (χ1v) is 17.2. The van der Waals surface area contributed by atoms with E-state index in [1.54, 1.807) is 59.5 Å². The summed E-state index contributed by atoms with van der Waals surface area (Å²) < 4.78 is 5.64. The number of aliphatic carboxylic acids is 1. The molecule has 13 nitrogen and oxygen atoms in total. The Morgan fingerprint density at radius 1 is 0.943 bits per heavy atom. The number of aliphatic hydroxyl groups excluding tert-OH is 1. The Kier molecular flexibility index (Phi) is 11.2. The maximum absolute atomic E-state index is 13.2. The number of carboxylic acids is 1. The Bertz CT molecular complexity index is 2160. The summed E-state index contributed by atoms with van der Waals surface area (Å²) in [6, 6.07) is 27.0. The van der Waals surface area contributed by atoms with Crippen LogP contribution in [-0.2, 0) is 21.6 Å². The molecule has 1 aromatic heterocycles. The lowest BCUT2D eigenvalue weighted by Gasteiger charge is -2.25. The molecule has 53 heavy (non-hydrogen) atoms. The highest BCUT2D eigenvalue weighted by atomic mass is 16.5. The number of phenolic OH excluding ortho intramolecular Hbond substituents is 1. The largest absolute Gasteiger partial charge is 0.506 e. The van der Waals surface area contributed by atoms with Crippen LogP contribution in [0.1, 0.15) is 45.1 Å². The topological polar surface area (TPSA) is 202 Å². The Hall–Kier alpha value is -6.02. The maximum Gasteiger partial charge on any atom is 0.345 e. The van der Waals surface area contributed by atoms with Gasteiger partial charge in [0.1, 0.15) is 11.5 Å². The number of carbonyl (C=O) groups excluding carboxylic acids is 2. The van der Waals surface area contributed by atoms with Crippen molar-refractivity contribution in [2.45, 2.75) is 30.6 Å². The van der Waals surface area contributed by atoms with Gasteiger partial charge in [-0.05, 0) is 72.5 Å². The Morgan fingerprint density at radius 3 is 2.45 bits per heavy atom. The van der Waals surface area contributed by atoms with Crippen molar-refractivity contribution >= 4 is 28.7 Å². The number of aromatic hydroxyl groups is 1. The number of benzene rings is 4. The zero-order chi connectivity index (χ0) is 37.5. The van der Waals surface area contributed by atoms with Gasteiger partial charge in [-0.3, -0.25) is 14.4 Å². The molecule has 274 valence electrons. The molecule has 7 N–H and O–H groups in total. The van der Waals surface area contributed by atoms with E-state index < -0.39 is 23.6 Å². The third kappa shape index (κ3) is 8.39. The zero-order valence-electron chi connectivity index (χ0n) is 28.7.